The molecule has 0 aliphatic heterocycles. The van der Waals surface area contributed by atoms with E-state index in [9.17, 15) is 0 Å². The van der Waals surface area contributed by atoms with Crippen LogP contribution in [0.2, 0.25) is 0 Å². The lowest BCUT2D eigenvalue weighted by Gasteiger charge is -2.28. The second kappa shape index (κ2) is 13.2. The van der Waals surface area contributed by atoms with Gasteiger partial charge in [0.2, 0.25) is 0 Å². The molecule has 0 radical (unpaired) electrons. The highest BCUT2D eigenvalue weighted by molar-refractivity contribution is 7.26. The van der Waals surface area contributed by atoms with Crippen LogP contribution in [-0.2, 0) is 5.41 Å². The lowest BCUT2D eigenvalue weighted by atomic mass is 9.82. The number of hydrogen-bond acceptors (Lipinski definition) is 2. The van der Waals surface area contributed by atoms with Crippen LogP contribution in [0.5, 0.6) is 0 Å². The van der Waals surface area contributed by atoms with E-state index >= 15 is 0 Å². The van der Waals surface area contributed by atoms with Crippen LogP contribution in [0.4, 0.5) is 17.1 Å². The van der Waals surface area contributed by atoms with Crippen LogP contribution in [0.3, 0.4) is 0 Å². The standard InChI is InChI=1S/C55H39NS/c1-55(2)50-15-9-8-14-47(50)48-31-30-45(35-51(48)55)56(43-26-20-38(21-27-43)36-10-4-3-5-11-36)44-28-22-39(23-29-44)37-16-18-40(19-17-37)42-25-32-52-49(34-42)54-46-13-7-6-12-41(46)24-33-53(54)57-52/h3-35H,1-2H3. The molecular formula is C55H39NS. The molecule has 0 unspecified atom stereocenters. The molecule has 0 bridgehead atoms. The topological polar surface area (TPSA) is 3.24 Å². The van der Waals surface area contributed by atoms with Gasteiger partial charge in [-0.2, -0.15) is 0 Å². The molecule has 1 heterocycles. The maximum atomic E-state index is 2.41. The smallest absolute Gasteiger partial charge is 0.0465 e. The van der Waals surface area contributed by atoms with Crippen molar-refractivity contribution >= 4 is 59.3 Å². The van der Waals surface area contributed by atoms with Crippen LogP contribution in [0, 0.1) is 0 Å². The number of anilines is 3. The lowest BCUT2D eigenvalue weighted by Crippen LogP contribution is -2.16. The zero-order valence-electron chi connectivity index (χ0n) is 31.9. The molecule has 0 atom stereocenters. The quantitative estimate of drug-likeness (QED) is 0.164. The van der Waals surface area contributed by atoms with Crippen LogP contribution in [-0.4, -0.2) is 0 Å². The summed E-state index contributed by atoms with van der Waals surface area (Å²) in [5, 5.41) is 5.31. The maximum absolute atomic E-state index is 2.41. The summed E-state index contributed by atoms with van der Waals surface area (Å²) in [6, 6.07) is 73.8. The summed E-state index contributed by atoms with van der Waals surface area (Å²) in [5.41, 5.74) is 16.0. The minimum Gasteiger partial charge on any atom is -0.310 e. The highest BCUT2D eigenvalue weighted by Crippen LogP contribution is 2.51. The Hall–Kier alpha value is -6.74. The highest BCUT2D eigenvalue weighted by Gasteiger charge is 2.35. The molecule has 0 amide bonds. The fourth-order valence-electron chi connectivity index (χ4n) is 9.10. The summed E-state index contributed by atoms with van der Waals surface area (Å²) in [6.07, 6.45) is 0. The fourth-order valence-corrected chi connectivity index (χ4v) is 10.2. The Morgan fingerprint density at radius 1 is 0.368 bits per heavy atom. The van der Waals surface area contributed by atoms with Gasteiger partial charge in [0.1, 0.15) is 0 Å². The van der Waals surface area contributed by atoms with Gasteiger partial charge in [-0.1, -0.05) is 159 Å². The van der Waals surface area contributed by atoms with Gasteiger partial charge in [-0.3, -0.25) is 0 Å². The highest BCUT2D eigenvalue weighted by atomic mass is 32.1. The Balaban J connectivity index is 0.939. The van der Waals surface area contributed by atoms with E-state index in [1.54, 1.807) is 0 Å². The van der Waals surface area contributed by atoms with Gasteiger partial charge in [0.05, 0.1) is 0 Å². The Morgan fingerprint density at radius 3 is 1.61 bits per heavy atom. The van der Waals surface area contributed by atoms with Gasteiger partial charge >= 0.3 is 0 Å². The van der Waals surface area contributed by atoms with Crippen molar-refractivity contribution in [1.82, 2.24) is 0 Å². The van der Waals surface area contributed by atoms with Gasteiger partial charge < -0.3 is 4.90 Å². The molecule has 0 spiro atoms. The Bertz CT molecular complexity index is 3120. The van der Waals surface area contributed by atoms with Crippen LogP contribution >= 0.6 is 11.3 Å². The van der Waals surface area contributed by atoms with Crippen molar-refractivity contribution in [3.8, 4) is 44.5 Å². The molecule has 0 saturated heterocycles. The summed E-state index contributed by atoms with van der Waals surface area (Å²) < 4.78 is 2.67. The van der Waals surface area contributed by atoms with E-state index in [0.717, 1.165) is 17.1 Å². The second-order valence-corrected chi connectivity index (χ2v) is 16.8. The van der Waals surface area contributed by atoms with Gasteiger partial charge in [0.15, 0.2) is 0 Å². The SMILES string of the molecule is CC1(C)c2ccccc2-c2ccc(N(c3ccc(-c4ccccc4)cc3)c3ccc(-c4ccc(-c5ccc6sc7ccc8ccccc8c7c6c5)cc4)cc3)cc21. The van der Waals surface area contributed by atoms with Crippen molar-refractivity contribution in [2.45, 2.75) is 19.3 Å². The van der Waals surface area contributed by atoms with E-state index in [4.69, 9.17) is 0 Å². The molecule has 1 aliphatic carbocycles. The minimum absolute atomic E-state index is 0.0849. The first kappa shape index (κ1) is 33.6. The Kier molecular flexibility index (Phi) is 7.77. The first-order valence-electron chi connectivity index (χ1n) is 19.7. The van der Waals surface area contributed by atoms with E-state index in [-0.39, 0.29) is 5.41 Å². The van der Waals surface area contributed by atoms with Gasteiger partial charge in [-0.05, 0) is 121 Å². The summed E-state index contributed by atoms with van der Waals surface area (Å²) in [5.74, 6) is 0. The average Bonchev–Trinajstić information content (AvgIpc) is 3.76. The number of thiophene rings is 1. The molecule has 9 aromatic carbocycles. The third-order valence-corrected chi connectivity index (χ3v) is 13.2. The van der Waals surface area contributed by atoms with Crippen LogP contribution in [0.1, 0.15) is 25.0 Å². The number of hydrogen-bond donors (Lipinski definition) is 0. The van der Waals surface area contributed by atoms with Gasteiger partial charge in [-0.15, -0.1) is 11.3 Å². The summed E-state index contributed by atoms with van der Waals surface area (Å²) in [4.78, 5) is 2.40. The summed E-state index contributed by atoms with van der Waals surface area (Å²) in [6.45, 7) is 4.70. The monoisotopic (exact) mass is 745 g/mol. The van der Waals surface area contributed by atoms with E-state index < -0.39 is 0 Å². The molecular weight excluding hydrogens is 707 g/mol. The molecule has 1 nitrogen and oxygen atoms in total. The molecule has 10 aromatic rings. The zero-order valence-corrected chi connectivity index (χ0v) is 32.7. The number of rotatable bonds is 6. The van der Waals surface area contributed by atoms with Crippen molar-refractivity contribution in [3.05, 3.63) is 211 Å². The molecule has 11 rings (SSSR count). The molecule has 0 fully saturated rings. The van der Waals surface area contributed by atoms with E-state index in [1.165, 1.54) is 86.6 Å². The molecule has 1 aromatic heterocycles. The number of benzene rings is 9. The Morgan fingerprint density at radius 2 is 0.895 bits per heavy atom. The van der Waals surface area contributed by atoms with Crippen molar-refractivity contribution in [2.75, 3.05) is 4.90 Å². The van der Waals surface area contributed by atoms with Crippen LogP contribution in [0.15, 0.2) is 200 Å². The predicted molar refractivity (Wildman–Crippen MR) is 245 cm³/mol. The van der Waals surface area contributed by atoms with E-state index in [2.05, 4.69) is 219 Å². The fraction of sp³-hybridized carbons (Fsp3) is 0.0545. The molecule has 0 saturated carbocycles. The lowest BCUT2D eigenvalue weighted by molar-refractivity contribution is 0.660. The zero-order chi connectivity index (χ0) is 38.1. The maximum Gasteiger partial charge on any atom is 0.0465 e. The van der Waals surface area contributed by atoms with Gasteiger partial charge in [-0.25, -0.2) is 0 Å². The largest absolute Gasteiger partial charge is 0.310 e. The Labute approximate surface area is 337 Å². The molecule has 270 valence electrons. The molecule has 0 N–H and O–H groups in total. The first-order valence-corrected chi connectivity index (χ1v) is 20.6. The van der Waals surface area contributed by atoms with Gasteiger partial charge in [0.25, 0.3) is 0 Å². The predicted octanol–water partition coefficient (Wildman–Crippen LogP) is 16.0. The molecule has 2 heteroatoms. The van der Waals surface area contributed by atoms with Crippen LogP contribution in [0.25, 0.3) is 75.5 Å². The number of nitrogens with zero attached hydrogens (tertiary/aromatic N) is 1. The second-order valence-electron chi connectivity index (χ2n) is 15.7. The summed E-state index contributed by atoms with van der Waals surface area (Å²) >= 11 is 1.88. The van der Waals surface area contributed by atoms with Crippen molar-refractivity contribution in [2.24, 2.45) is 0 Å². The third-order valence-electron chi connectivity index (χ3n) is 12.1. The molecule has 57 heavy (non-hydrogen) atoms. The van der Waals surface area contributed by atoms with Crippen LogP contribution < -0.4 is 4.90 Å². The van der Waals surface area contributed by atoms with Crippen molar-refractivity contribution in [3.63, 3.8) is 0 Å². The third kappa shape index (κ3) is 5.59. The van der Waals surface area contributed by atoms with E-state index in [1.807, 2.05) is 11.3 Å². The first-order chi connectivity index (χ1) is 28.0. The number of fused-ring (bicyclic) bond motifs is 8. The van der Waals surface area contributed by atoms with Crippen molar-refractivity contribution < 1.29 is 0 Å². The van der Waals surface area contributed by atoms with Crippen molar-refractivity contribution in [1.29, 1.82) is 0 Å². The minimum atomic E-state index is -0.0849. The molecule has 1 aliphatic rings. The van der Waals surface area contributed by atoms with E-state index in [0.29, 0.717) is 0 Å². The van der Waals surface area contributed by atoms with Gasteiger partial charge in [0, 0.05) is 42.6 Å². The average molecular weight is 746 g/mol. The normalized spacial score (nSPS) is 12.9. The summed E-state index contributed by atoms with van der Waals surface area (Å²) in [7, 11) is 0.